The van der Waals surface area contributed by atoms with E-state index in [0.29, 0.717) is 18.7 Å². The summed E-state index contributed by atoms with van der Waals surface area (Å²) >= 11 is 0. The van der Waals surface area contributed by atoms with E-state index in [-0.39, 0.29) is 11.4 Å². The molecule has 4 rings (SSSR count). The fraction of sp³-hybridized carbons (Fsp3) is 0.346. The number of nitrogens with one attached hydrogen (secondary N) is 1. The second-order valence-corrected chi connectivity index (χ2v) is 10.1. The molecule has 2 heterocycles. The number of nitrogens with zero attached hydrogens (tertiary/aromatic N) is 3. The van der Waals surface area contributed by atoms with Gasteiger partial charge in [0.15, 0.2) is 4.91 Å². The number of benzene rings is 2. The first-order valence-corrected chi connectivity index (χ1v) is 13.0. The first kappa shape index (κ1) is 24.9. The summed E-state index contributed by atoms with van der Waals surface area (Å²) in [7, 11) is -0.479. The fourth-order valence-electron chi connectivity index (χ4n) is 4.18. The number of methoxy groups -OCH3 is 1. The Balaban J connectivity index is 1.57. The van der Waals surface area contributed by atoms with Crippen LogP contribution in [0.3, 0.4) is 0 Å². The Morgan fingerprint density at radius 1 is 1.14 bits per heavy atom. The highest BCUT2D eigenvalue weighted by Gasteiger charge is 2.18. The number of fused-ring (bicyclic) bond motifs is 1. The predicted molar refractivity (Wildman–Crippen MR) is 138 cm³/mol. The molecular formula is C26H30N4O4S. The third kappa shape index (κ3) is 5.74. The van der Waals surface area contributed by atoms with Crippen molar-refractivity contribution in [3.05, 3.63) is 59.1 Å². The number of rotatable bonds is 9. The highest BCUT2D eigenvalue weighted by atomic mass is 32.2. The quantitative estimate of drug-likeness (QED) is 0.361. The van der Waals surface area contributed by atoms with E-state index in [1.165, 1.54) is 11.8 Å². The lowest BCUT2D eigenvalue weighted by Gasteiger charge is -2.29. The van der Waals surface area contributed by atoms with Crippen LogP contribution in [0, 0.1) is 11.3 Å². The lowest BCUT2D eigenvalue weighted by Crippen LogP contribution is -2.36. The molecule has 35 heavy (non-hydrogen) atoms. The number of hydrogen-bond acceptors (Lipinski definition) is 6. The van der Waals surface area contributed by atoms with E-state index in [4.69, 9.17) is 9.47 Å². The van der Waals surface area contributed by atoms with E-state index in [2.05, 4.69) is 46.0 Å². The average Bonchev–Trinajstić information content (AvgIpc) is 3.24. The van der Waals surface area contributed by atoms with Gasteiger partial charge in [0.05, 0.1) is 13.2 Å². The summed E-state index contributed by atoms with van der Waals surface area (Å²) < 4.78 is 39.8. The Morgan fingerprint density at radius 3 is 2.63 bits per heavy atom. The molecule has 0 radical (unpaired) electrons. The lowest BCUT2D eigenvalue weighted by molar-refractivity contribution is 0.122. The molecular weight excluding hydrogens is 464 g/mol. The Bertz CT molecular complexity index is 1370. The third-order valence-electron chi connectivity index (χ3n) is 6.15. The summed E-state index contributed by atoms with van der Waals surface area (Å²) in [5, 5.41) is 11.8. The van der Waals surface area contributed by atoms with Crippen molar-refractivity contribution in [2.75, 3.05) is 51.5 Å². The number of anilines is 1. The maximum Gasteiger partial charge on any atom is 0.250 e. The van der Waals surface area contributed by atoms with Crippen molar-refractivity contribution >= 4 is 32.6 Å². The second kappa shape index (κ2) is 11.1. The van der Waals surface area contributed by atoms with Crippen molar-refractivity contribution in [3.63, 3.8) is 0 Å². The zero-order chi connectivity index (χ0) is 24.8. The molecule has 0 bridgehead atoms. The van der Waals surface area contributed by atoms with E-state index in [1.54, 1.807) is 7.11 Å². The van der Waals surface area contributed by atoms with Gasteiger partial charge in [-0.2, -0.15) is 5.26 Å². The van der Waals surface area contributed by atoms with Gasteiger partial charge in [0.25, 0.3) is 10.0 Å². The average molecular weight is 495 g/mol. The van der Waals surface area contributed by atoms with Crippen molar-refractivity contribution < 1.29 is 17.9 Å². The van der Waals surface area contributed by atoms with E-state index in [1.807, 2.05) is 29.8 Å². The number of allylic oxidation sites excluding steroid dienone is 1. The predicted octanol–water partition coefficient (Wildman–Crippen LogP) is 3.50. The maximum atomic E-state index is 12.5. The van der Waals surface area contributed by atoms with E-state index in [9.17, 15) is 13.7 Å². The van der Waals surface area contributed by atoms with E-state index < -0.39 is 10.0 Å². The van der Waals surface area contributed by atoms with Crippen LogP contribution in [0.4, 0.5) is 5.69 Å². The smallest absolute Gasteiger partial charge is 0.250 e. The van der Waals surface area contributed by atoms with Crippen LogP contribution in [-0.4, -0.2) is 59.5 Å². The third-order valence-corrected chi connectivity index (χ3v) is 7.52. The highest BCUT2D eigenvalue weighted by Crippen LogP contribution is 2.29. The van der Waals surface area contributed by atoms with Crippen LogP contribution in [0.1, 0.15) is 12.1 Å². The molecule has 9 heteroatoms. The molecule has 1 aliphatic heterocycles. The van der Waals surface area contributed by atoms with Crippen LogP contribution >= 0.6 is 0 Å². The first-order valence-electron chi connectivity index (χ1n) is 11.6. The molecule has 1 saturated heterocycles. The number of sulfonamides is 1. The summed E-state index contributed by atoms with van der Waals surface area (Å²) in [5.74, 6) is 0. The largest absolute Gasteiger partial charge is 0.385 e. The van der Waals surface area contributed by atoms with Crippen LogP contribution in [-0.2, 0) is 26.5 Å². The van der Waals surface area contributed by atoms with Crippen LogP contribution in [0.2, 0.25) is 0 Å². The Hall–Kier alpha value is -3.16. The minimum absolute atomic E-state index is 0.206. The number of nitriles is 1. The molecule has 0 saturated carbocycles. The molecule has 2 aromatic carbocycles. The van der Waals surface area contributed by atoms with Gasteiger partial charge in [-0.1, -0.05) is 18.2 Å². The van der Waals surface area contributed by atoms with Crippen molar-refractivity contribution in [2.45, 2.75) is 6.42 Å². The molecule has 0 unspecified atom stereocenters. The Morgan fingerprint density at radius 2 is 1.89 bits per heavy atom. The summed E-state index contributed by atoms with van der Waals surface area (Å²) in [5.41, 5.74) is 3.76. The molecule has 0 atom stereocenters. The number of aromatic nitrogens is 1. The van der Waals surface area contributed by atoms with Gasteiger partial charge in [0, 0.05) is 57.5 Å². The van der Waals surface area contributed by atoms with Crippen LogP contribution in [0.25, 0.3) is 28.1 Å². The van der Waals surface area contributed by atoms with Gasteiger partial charge in [-0.25, -0.2) is 13.1 Å². The summed E-state index contributed by atoms with van der Waals surface area (Å²) in [6, 6.07) is 18.3. The normalized spacial score (nSPS) is 14.9. The molecule has 1 fully saturated rings. The van der Waals surface area contributed by atoms with Gasteiger partial charge in [-0.3, -0.25) is 0 Å². The molecule has 0 amide bonds. The number of hydrogen-bond donors (Lipinski definition) is 1. The molecule has 1 aromatic heterocycles. The molecule has 0 spiro atoms. The van der Waals surface area contributed by atoms with Gasteiger partial charge in [-0.15, -0.1) is 0 Å². The molecule has 184 valence electrons. The highest BCUT2D eigenvalue weighted by molar-refractivity contribution is 7.93. The summed E-state index contributed by atoms with van der Waals surface area (Å²) in [6.07, 6.45) is 1.93. The molecule has 8 nitrogen and oxygen atoms in total. The first-order chi connectivity index (χ1) is 16.9. The van der Waals surface area contributed by atoms with Gasteiger partial charge >= 0.3 is 0 Å². The molecule has 0 aliphatic carbocycles. The minimum atomic E-state index is -3.90. The van der Waals surface area contributed by atoms with Crippen LogP contribution in [0.5, 0.6) is 0 Å². The zero-order valence-corrected chi connectivity index (χ0v) is 20.8. The monoisotopic (exact) mass is 494 g/mol. The fourth-order valence-corrected chi connectivity index (χ4v) is 5.14. The Kier molecular flexibility index (Phi) is 7.88. The topological polar surface area (TPSA) is 96.6 Å². The van der Waals surface area contributed by atoms with Gasteiger partial charge < -0.3 is 18.9 Å². The van der Waals surface area contributed by atoms with Crippen molar-refractivity contribution in [1.82, 2.24) is 9.29 Å². The number of ether oxygens (including phenoxy) is 2. The zero-order valence-electron chi connectivity index (χ0n) is 20.0. The lowest BCUT2D eigenvalue weighted by atomic mass is 10.0. The van der Waals surface area contributed by atoms with Gasteiger partial charge in [0.1, 0.15) is 6.07 Å². The SMILES string of the molecule is COCCCNS(=O)(=O)/C(C#N)=C/c1ccc(-c2ccc3cc(N4CCOCC4)ccc3c2)n1C. The standard InChI is InChI=1S/C26H30N4O4S/c1-29-23(18-25(19-27)35(31,32)28-10-3-13-33-2)8-9-26(29)22-5-4-21-17-24(7-6-20(21)16-22)30-11-14-34-15-12-30/h4-9,16-18,28H,3,10-15H2,1-2H3/b25-18+. The van der Waals surface area contributed by atoms with E-state index >= 15 is 0 Å². The maximum absolute atomic E-state index is 12.5. The Labute approximate surface area is 206 Å². The molecule has 1 N–H and O–H groups in total. The van der Waals surface area contributed by atoms with Gasteiger partial charge in [-0.05, 0) is 59.2 Å². The van der Waals surface area contributed by atoms with Gasteiger partial charge in [0.2, 0.25) is 0 Å². The van der Waals surface area contributed by atoms with Crippen molar-refractivity contribution in [3.8, 4) is 17.3 Å². The van der Waals surface area contributed by atoms with Crippen molar-refractivity contribution in [2.24, 2.45) is 7.05 Å². The van der Waals surface area contributed by atoms with Crippen LogP contribution in [0.15, 0.2) is 53.4 Å². The van der Waals surface area contributed by atoms with Crippen molar-refractivity contribution in [1.29, 1.82) is 5.26 Å². The molecule has 3 aromatic rings. The number of morpholine rings is 1. The second-order valence-electron chi connectivity index (χ2n) is 8.41. The van der Waals surface area contributed by atoms with Crippen LogP contribution < -0.4 is 9.62 Å². The molecule has 1 aliphatic rings. The minimum Gasteiger partial charge on any atom is -0.385 e. The van der Waals surface area contributed by atoms with E-state index in [0.717, 1.165) is 48.3 Å². The summed E-state index contributed by atoms with van der Waals surface area (Å²) in [4.78, 5) is 2.01. The summed E-state index contributed by atoms with van der Waals surface area (Å²) in [6.45, 7) is 3.94.